The van der Waals surface area contributed by atoms with Gasteiger partial charge in [-0.3, -0.25) is 9.59 Å². The van der Waals surface area contributed by atoms with Crippen LogP contribution >= 0.6 is 11.8 Å². The summed E-state index contributed by atoms with van der Waals surface area (Å²) >= 11 is 1.24. The molecule has 2 amide bonds. The lowest BCUT2D eigenvalue weighted by Gasteiger charge is -2.15. The van der Waals surface area contributed by atoms with Crippen LogP contribution in [0, 0.1) is 13.8 Å². The summed E-state index contributed by atoms with van der Waals surface area (Å²) in [5.41, 5.74) is 3.35. The van der Waals surface area contributed by atoms with E-state index in [9.17, 15) is 9.59 Å². The van der Waals surface area contributed by atoms with Crippen LogP contribution in [0.4, 0.5) is 11.4 Å². The molecular weight excluding hydrogens is 410 g/mol. The molecule has 0 aliphatic carbocycles. The van der Waals surface area contributed by atoms with Gasteiger partial charge in [-0.05, 0) is 56.7 Å². The Hall–Kier alpha value is -3.32. The maximum Gasteiger partial charge on any atom is 0.258 e. The lowest BCUT2D eigenvalue weighted by Crippen LogP contribution is -2.18. The molecular formula is C24H25N3O3S. The quantitative estimate of drug-likeness (QED) is 0.482. The number of pyridine rings is 1. The number of carbonyl (C=O) groups excluding carboxylic acids is 2. The number of hydrogen-bond acceptors (Lipinski definition) is 5. The molecule has 0 fully saturated rings. The summed E-state index contributed by atoms with van der Waals surface area (Å²) in [5.74, 6) is 0.293. The zero-order valence-corrected chi connectivity index (χ0v) is 18.6. The first-order valence-corrected chi connectivity index (χ1v) is 11.0. The van der Waals surface area contributed by atoms with Gasteiger partial charge in [0.15, 0.2) is 0 Å². The second kappa shape index (κ2) is 10.6. The summed E-state index contributed by atoms with van der Waals surface area (Å²) in [6.07, 6.45) is 0. The number of carbonyl (C=O) groups is 2. The molecule has 3 aromatic rings. The van der Waals surface area contributed by atoms with Gasteiger partial charge in [0.1, 0.15) is 10.8 Å². The highest BCUT2D eigenvalue weighted by atomic mass is 32.2. The van der Waals surface area contributed by atoms with Crippen molar-refractivity contribution >= 4 is 35.0 Å². The minimum atomic E-state index is -0.289. The van der Waals surface area contributed by atoms with Gasteiger partial charge in [0.2, 0.25) is 5.91 Å². The van der Waals surface area contributed by atoms with E-state index >= 15 is 0 Å². The van der Waals surface area contributed by atoms with Crippen LogP contribution in [0.25, 0.3) is 0 Å². The Labute approximate surface area is 186 Å². The lowest BCUT2D eigenvalue weighted by molar-refractivity contribution is -0.113. The Kier molecular flexibility index (Phi) is 7.67. The van der Waals surface area contributed by atoms with Crippen LogP contribution < -0.4 is 15.4 Å². The molecule has 0 aliphatic heterocycles. The van der Waals surface area contributed by atoms with Crippen molar-refractivity contribution in [3.63, 3.8) is 0 Å². The van der Waals surface area contributed by atoms with Crippen molar-refractivity contribution in [3.05, 3.63) is 77.5 Å². The summed E-state index contributed by atoms with van der Waals surface area (Å²) in [6, 6.07) is 18.4. The number of nitrogens with one attached hydrogen (secondary N) is 2. The number of rotatable bonds is 8. The van der Waals surface area contributed by atoms with Crippen molar-refractivity contribution in [2.75, 3.05) is 23.0 Å². The van der Waals surface area contributed by atoms with E-state index in [-0.39, 0.29) is 17.6 Å². The highest BCUT2D eigenvalue weighted by Gasteiger charge is 2.19. The van der Waals surface area contributed by atoms with Gasteiger partial charge in [-0.2, -0.15) is 0 Å². The van der Waals surface area contributed by atoms with Crippen molar-refractivity contribution in [1.82, 2.24) is 4.98 Å². The van der Waals surface area contributed by atoms with E-state index in [0.29, 0.717) is 28.6 Å². The number of amides is 2. The number of benzene rings is 2. The zero-order chi connectivity index (χ0) is 22.2. The molecule has 1 aromatic heterocycles. The maximum atomic E-state index is 13.1. The lowest BCUT2D eigenvalue weighted by atomic mass is 10.1. The number of nitrogens with zero attached hydrogens (tertiary/aromatic N) is 1. The molecule has 6 nitrogen and oxygen atoms in total. The van der Waals surface area contributed by atoms with E-state index < -0.39 is 0 Å². The van der Waals surface area contributed by atoms with E-state index in [4.69, 9.17) is 4.74 Å². The first kappa shape index (κ1) is 22.4. The third-order valence-corrected chi connectivity index (χ3v) is 5.35. The van der Waals surface area contributed by atoms with Crippen LogP contribution in [0.1, 0.15) is 28.5 Å². The second-order valence-electron chi connectivity index (χ2n) is 6.85. The summed E-state index contributed by atoms with van der Waals surface area (Å²) in [6.45, 7) is 6.12. The van der Waals surface area contributed by atoms with Crippen LogP contribution in [0.2, 0.25) is 0 Å². The average molecular weight is 436 g/mol. The Bertz CT molecular complexity index is 1070. The number of hydrogen-bond donors (Lipinski definition) is 2. The summed E-state index contributed by atoms with van der Waals surface area (Å²) in [4.78, 5) is 30.0. The molecule has 0 aliphatic rings. The number of anilines is 2. The van der Waals surface area contributed by atoms with Crippen molar-refractivity contribution in [1.29, 1.82) is 0 Å². The molecule has 0 saturated heterocycles. The molecule has 2 N–H and O–H groups in total. The fraction of sp³-hybridized carbons (Fsp3) is 0.208. The Morgan fingerprint density at radius 3 is 2.45 bits per heavy atom. The van der Waals surface area contributed by atoms with E-state index in [1.54, 1.807) is 6.07 Å². The number of aromatic nitrogens is 1. The molecule has 1 heterocycles. The molecule has 0 spiro atoms. The zero-order valence-electron chi connectivity index (χ0n) is 17.8. The molecule has 31 heavy (non-hydrogen) atoms. The first-order chi connectivity index (χ1) is 15.0. The van der Waals surface area contributed by atoms with Gasteiger partial charge < -0.3 is 15.4 Å². The van der Waals surface area contributed by atoms with Gasteiger partial charge in [0.05, 0.1) is 23.6 Å². The highest BCUT2D eigenvalue weighted by Crippen LogP contribution is 2.28. The summed E-state index contributed by atoms with van der Waals surface area (Å²) < 4.78 is 5.60. The Morgan fingerprint density at radius 1 is 1.00 bits per heavy atom. The highest BCUT2D eigenvalue weighted by molar-refractivity contribution is 8.00. The second-order valence-corrected chi connectivity index (χ2v) is 7.81. The maximum absolute atomic E-state index is 13.1. The molecule has 0 atom stereocenters. The van der Waals surface area contributed by atoms with Crippen molar-refractivity contribution < 1.29 is 14.3 Å². The largest absolute Gasteiger partial charge is 0.492 e. The van der Waals surface area contributed by atoms with Crippen molar-refractivity contribution in [2.24, 2.45) is 0 Å². The number of ether oxygens (including phenoxy) is 1. The molecule has 160 valence electrons. The van der Waals surface area contributed by atoms with E-state index in [1.807, 2.05) is 75.4 Å². The number of para-hydroxylation sites is 3. The summed E-state index contributed by atoms with van der Waals surface area (Å²) in [5, 5.41) is 6.29. The van der Waals surface area contributed by atoms with E-state index in [1.165, 1.54) is 11.8 Å². The van der Waals surface area contributed by atoms with Crippen LogP contribution in [0.3, 0.4) is 0 Å². The third-order valence-electron chi connectivity index (χ3n) is 4.37. The molecule has 0 radical (unpaired) electrons. The standard InChI is InChI=1S/C24H25N3O3S/c1-4-30-20-13-9-8-12-19(20)27-23(29)22-16(2)14-17(3)25-24(22)31-15-21(28)26-18-10-6-5-7-11-18/h5-14H,4,15H2,1-3H3,(H,26,28)(H,27,29). The molecule has 7 heteroatoms. The molecule has 0 bridgehead atoms. The number of aryl methyl sites for hydroxylation is 2. The third kappa shape index (κ3) is 6.08. The van der Waals surface area contributed by atoms with Gasteiger partial charge in [0, 0.05) is 11.4 Å². The van der Waals surface area contributed by atoms with Crippen molar-refractivity contribution in [2.45, 2.75) is 25.8 Å². The molecule has 0 saturated carbocycles. The fourth-order valence-electron chi connectivity index (χ4n) is 3.07. The predicted octanol–water partition coefficient (Wildman–Crippen LogP) is 5.08. The first-order valence-electron chi connectivity index (χ1n) is 9.97. The Balaban J connectivity index is 1.78. The van der Waals surface area contributed by atoms with E-state index in [2.05, 4.69) is 15.6 Å². The van der Waals surface area contributed by atoms with E-state index in [0.717, 1.165) is 16.9 Å². The van der Waals surface area contributed by atoms with Crippen LogP contribution in [-0.2, 0) is 4.79 Å². The fourth-order valence-corrected chi connectivity index (χ4v) is 4.02. The topological polar surface area (TPSA) is 80.3 Å². The molecule has 2 aromatic carbocycles. The van der Waals surface area contributed by atoms with Crippen LogP contribution in [0.5, 0.6) is 5.75 Å². The van der Waals surface area contributed by atoms with Gasteiger partial charge in [-0.25, -0.2) is 4.98 Å². The van der Waals surface area contributed by atoms with Crippen molar-refractivity contribution in [3.8, 4) is 5.75 Å². The van der Waals surface area contributed by atoms with Gasteiger partial charge >= 0.3 is 0 Å². The normalized spacial score (nSPS) is 10.4. The molecule has 3 rings (SSSR count). The molecule has 0 unspecified atom stereocenters. The summed E-state index contributed by atoms with van der Waals surface area (Å²) in [7, 11) is 0. The Morgan fingerprint density at radius 2 is 1.71 bits per heavy atom. The minimum Gasteiger partial charge on any atom is -0.492 e. The minimum absolute atomic E-state index is 0.139. The SMILES string of the molecule is CCOc1ccccc1NC(=O)c1c(C)cc(C)nc1SCC(=O)Nc1ccccc1. The smallest absolute Gasteiger partial charge is 0.258 e. The predicted molar refractivity (Wildman–Crippen MR) is 125 cm³/mol. The average Bonchev–Trinajstić information content (AvgIpc) is 2.74. The number of thioether (sulfide) groups is 1. The van der Waals surface area contributed by atoms with Crippen LogP contribution in [0.15, 0.2) is 65.7 Å². The van der Waals surface area contributed by atoms with Gasteiger partial charge in [-0.1, -0.05) is 42.1 Å². The van der Waals surface area contributed by atoms with Gasteiger partial charge in [-0.15, -0.1) is 0 Å². The van der Waals surface area contributed by atoms with Crippen LogP contribution in [-0.4, -0.2) is 29.2 Å². The monoisotopic (exact) mass is 435 g/mol. The van der Waals surface area contributed by atoms with Gasteiger partial charge in [0.25, 0.3) is 5.91 Å².